The molecule has 0 bridgehead atoms. The monoisotopic (exact) mass is 415 g/mol. The fourth-order valence-corrected chi connectivity index (χ4v) is 3.42. The third-order valence-corrected chi connectivity index (χ3v) is 4.97. The highest BCUT2D eigenvalue weighted by atomic mass is 35.5. The zero-order valence-electron chi connectivity index (χ0n) is 15.1. The molecule has 0 spiro atoms. The molecule has 154 valence electrons. The predicted octanol–water partition coefficient (Wildman–Crippen LogP) is 0.135. The number of rotatable bonds is 9. The summed E-state index contributed by atoms with van der Waals surface area (Å²) in [6.07, 6.45) is 3.68. The third-order valence-electron chi connectivity index (χ3n) is 4.97. The summed E-state index contributed by atoms with van der Waals surface area (Å²) in [4.78, 5) is 23.6. The summed E-state index contributed by atoms with van der Waals surface area (Å²) < 4.78 is 0. The number of nitrogens with two attached hydrogens (primary N) is 2. The second kappa shape index (κ2) is 12.7. The van der Waals surface area contributed by atoms with Crippen molar-refractivity contribution >= 4 is 43.8 Å². The van der Waals surface area contributed by atoms with Crippen LogP contribution in [0.1, 0.15) is 45.4 Å². The minimum absolute atomic E-state index is 0. The lowest BCUT2D eigenvalue weighted by Crippen LogP contribution is -2.60. The Morgan fingerprint density at radius 2 is 1.92 bits per heavy atom. The molecule has 1 aliphatic carbocycles. The predicted molar refractivity (Wildman–Crippen MR) is 105 cm³/mol. The van der Waals surface area contributed by atoms with Crippen molar-refractivity contribution in [1.82, 2.24) is 5.32 Å². The molecule has 0 aliphatic heterocycles. The molecule has 0 heterocycles. The molecular formula is C15H32BCl2N3O5. The van der Waals surface area contributed by atoms with Crippen LogP contribution in [0, 0.1) is 11.8 Å². The van der Waals surface area contributed by atoms with Gasteiger partial charge in [-0.1, -0.05) is 19.8 Å². The molecule has 0 radical (unpaired) electrons. The number of aliphatic carboxylic acids is 1. The number of carboxylic acid groups (broad SMARTS) is 1. The van der Waals surface area contributed by atoms with Gasteiger partial charge in [0.15, 0.2) is 0 Å². The van der Waals surface area contributed by atoms with E-state index >= 15 is 0 Å². The van der Waals surface area contributed by atoms with Crippen LogP contribution in [-0.4, -0.2) is 52.3 Å². The zero-order valence-corrected chi connectivity index (χ0v) is 16.7. The lowest BCUT2D eigenvalue weighted by atomic mass is 9.66. The van der Waals surface area contributed by atoms with Gasteiger partial charge in [-0.15, -0.1) is 24.8 Å². The molecule has 0 saturated heterocycles. The molecule has 0 aromatic carbocycles. The number of halogens is 2. The van der Waals surface area contributed by atoms with Crippen molar-refractivity contribution in [3.8, 4) is 0 Å². The summed E-state index contributed by atoms with van der Waals surface area (Å²) in [5.41, 5.74) is 10.5. The van der Waals surface area contributed by atoms with E-state index in [9.17, 15) is 14.7 Å². The lowest BCUT2D eigenvalue weighted by Gasteiger charge is -2.41. The van der Waals surface area contributed by atoms with E-state index in [4.69, 9.17) is 21.5 Å². The van der Waals surface area contributed by atoms with Gasteiger partial charge in [0, 0.05) is 12.5 Å². The number of carbonyl (C=O) groups excluding carboxylic acids is 1. The van der Waals surface area contributed by atoms with Crippen molar-refractivity contribution in [2.45, 2.75) is 63.3 Å². The number of carboxylic acids is 1. The maximum Gasteiger partial charge on any atom is 0.451 e. The Labute approximate surface area is 167 Å². The second-order valence-corrected chi connectivity index (χ2v) is 6.89. The number of hydrogen-bond donors (Lipinski definition) is 6. The Morgan fingerprint density at radius 1 is 1.31 bits per heavy atom. The Balaban J connectivity index is 0. The van der Waals surface area contributed by atoms with Crippen LogP contribution in [0.25, 0.3) is 0 Å². The molecule has 11 heteroatoms. The summed E-state index contributed by atoms with van der Waals surface area (Å²) in [5.74, 6) is -1.71. The minimum Gasteiger partial charge on any atom is -0.480 e. The van der Waals surface area contributed by atoms with Crippen LogP contribution in [0.3, 0.4) is 0 Å². The van der Waals surface area contributed by atoms with Crippen molar-refractivity contribution in [3.63, 3.8) is 0 Å². The maximum atomic E-state index is 11.9. The van der Waals surface area contributed by atoms with Crippen LogP contribution in [0.15, 0.2) is 0 Å². The van der Waals surface area contributed by atoms with Crippen LogP contribution in [0.4, 0.5) is 0 Å². The van der Waals surface area contributed by atoms with Crippen molar-refractivity contribution < 1.29 is 24.7 Å². The van der Waals surface area contributed by atoms with Gasteiger partial charge in [0.05, 0.1) is 6.04 Å². The molecule has 4 atom stereocenters. The summed E-state index contributed by atoms with van der Waals surface area (Å²) in [7, 11) is -1.39. The quantitative estimate of drug-likeness (QED) is 0.292. The largest absolute Gasteiger partial charge is 0.480 e. The molecule has 1 saturated carbocycles. The molecule has 8 N–H and O–H groups in total. The zero-order chi connectivity index (χ0) is 18.3. The van der Waals surface area contributed by atoms with Crippen molar-refractivity contribution in [3.05, 3.63) is 0 Å². The van der Waals surface area contributed by atoms with E-state index < -0.39 is 24.7 Å². The standard InChI is InChI=1S/C15H30BN3O5.2ClH/c1-2-3-12(17)13(20)19-9-11-5-4-10(6-7-16(23)24)8-15(11,18)14(21)22;;/h10-12,23-24H,2-9,17-18H2,1H3,(H,19,20)(H,21,22);2*1H/t10-,11-,12-,15+;;/m0../s1. The lowest BCUT2D eigenvalue weighted by molar-refractivity contribution is -0.148. The average molecular weight is 416 g/mol. The number of carbonyl (C=O) groups is 2. The SMILES string of the molecule is CCC[C@H](N)C(=O)NC[C@@H]1CC[C@@H](CCB(O)O)C[C@]1(N)C(=O)O.Cl.Cl. The first-order valence-corrected chi connectivity index (χ1v) is 8.62. The number of nitrogens with one attached hydrogen (secondary N) is 1. The fraction of sp³-hybridized carbons (Fsp3) is 0.867. The van der Waals surface area contributed by atoms with Gasteiger partial charge in [0.25, 0.3) is 0 Å². The fourth-order valence-electron chi connectivity index (χ4n) is 3.42. The molecule has 1 fully saturated rings. The van der Waals surface area contributed by atoms with E-state index in [1.54, 1.807) is 0 Å². The van der Waals surface area contributed by atoms with Gasteiger partial charge in [-0.05, 0) is 37.9 Å². The molecular weight excluding hydrogens is 384 g/mol. The van der Waals surface area contributed by atoms with Crippen LogP contribution < -0.4 is 16.8 Å². The van der Waals surface area contributed by atoms with Crippen LogP contribution >= 0.6 is 24.8 Å². The molecule has 8 nitrogen and oxygen atoms in total. The highest BCUT2D eigenvalue weighted by Crippen LogP contribution is 2.38. The molecule has 1 aliphatic rings. The van der Waals surface area contributed by atoms with Crippen LogP contribution in [0.2, 0.25) is 6.32 Å². The van der Waals surface area contributed by atoms with E-state index in [0.717, 1.165) is 12.8 Å². The highest BCUT2D eigenvalue weighted by molar-refractivity contribution is 6.40. The van der Waals surface area contributed by atoms with Gasteiger partial charge in [-0.2, -0.15) is 0 Å². The Hall–Kier alpha value is -0.575. The minimum atomic E-state index is -1.43. The van der Waals surface area contributed by atoms with Gasteiger partial charge < -0.3 is 31.9 Å². The summed E-state index contributed by atoms with van der Waals surface area (Å²) >= 11 is 0. The summed E-state index contributed by atoms with van der Waals surface area (Å²) in [6, 6.07) is -0.589. The normalized spacial score (nSPS) is 26.0. The summed E-state index contributed by atoms with van der Waals surface area (Å²) in [6.45, 7) is 2.13. The molecule has 0 aromatic rings. The maximum absolute atomic E-state index is 11.9. The first-order valence-electron chi connectivity index (χ1n) is 8.62. The van der Waals surface area contributed by atoms with E-state index in [1.807, 2.05) is 6.92 Å². The number of hydrogen-bond acceptors (Lipinski definition) is 6. The van der Waals surface area contributed by atoms with Gasteiger partial charge >= 0.3 is 13.1 Å². The summed E-state index contributed by atoms with van der Waals surface area (Å²) in [5, 5.41) is 30.2. The van der Waals surface area contributed by atoms with Crippen LogP contribution in [-0.2, 0) is 9.59 Å². The van der Waals surface area contributed by atoms with Gasteiger partial charge in [-0.25, -0.2) is 0 Å². The Bertz CT molecular complexity index is 448. The highest BCUT2D eigenvalue weighted by Gasteiger charge is 2.46. The van der Waals surface area contributed by atoms with Crippen molar-refractivity contribution in [2.24, 2.45) is 23.3 Å². The number of amides is 1. The Kier molecular flexibility index (Phi) is 13.6. The van der Waals surface area contributed by atoms with Crippen molar-refractivity contribution in [2.75, 3.05) is 6.54 Å². The van der Waals surface area contributed by atoms with Gasteiger partial charge in [0.1, 0.15) is 5.54 Å². The van der Waals surface area contributed by atoms with Crippen molar-refractivity contribution in [1.29, 1.82) is 0 Å². The first-order chi connectivity index (χ1) is 11.2. The Morgan fingerprint density at radius 3 is 2.42 bits per heavy atom. The molecule has 1 rings (SSSR count). The van der Waals surface area contributed by atoms with Gasteiger partial charge in [-0.3, -0.25) is 9.59 Å². The van der Waals surface area contributed by atoms with Crippen LogP contribution in [0.5, 0.6) is 0 Å². The average Bonchev–Trinajstić information content (AvgIpc) is 2.51. The molecule has 0 aromatic heterocycles. The van der Waals surface area contributed by atoms with Gasteiger partial charge in [0.2, 0.25) is 5.91 Å². The third kappa shape index (κ3) is 7.98. The smallest absolute Gasteiger partial charge is 0.451 e. The topological polar surface area (TPSA) is 159 Å². The molecule has 1 amide bonds. The van der Waals surface area contributed by atoms with E-state index in [1.165, 1.54) is 0 Å². The molecule has 0 unspecified atom stereocenters. The van der Waals surface area contributed by atoms with E-state index in [2.05, 4.69) is 5.32 Å². The first kappa shape index (κ1) is 27.6. The van der Waals surface area contributed by atoms with E-state index in [-0.39, 0.29) is 61.8 Å². The molecule has 26 heavy (non-hydrogen) atoms. The van der Waals surface area contributed by atoms with E-state index in [0.29, 0.717) is 19.3 Å². The second-order valence-electron chi connectivity index (χ2n) is 6.89.